The number of hydrogen-bond donors (Lipinski definition) is 1. The Kier molecular flexibility index (Phi) is 4.82. The van der Waals surface area contributed by atoms with E-state index in [9.17, 15) is 5.11 Å². The molecule has 4 aliphatic carbocycles. The monoisotopic (exact) mass is 359 g/mol. The van der Waals surface area contributed by atoms with Crippen LogP contribution in [-0.2, 0) is 0 Å². The highest BCUT2D eigenvalue weighted by Gasteiger charge is 2.60. The predicted octanol–water partition coefficient (Wildman–Crippen LogP) is 5.88. The fourth-order valence-electron chi connectivity index (χ4n) is 8.55. The van der Waals surface area contributed by atoms with Crippen molar-refractivity contribution in [1.82, 2.24) is 0 Å². The molecule has 0 saturated heterocycles. The first-order chi connectivity index (χ1) is 12.3. The summed E-state index contributed by atoms with van der Waals surface area (Å²) in [5, 5.41) is 10.4. The van der Waals surface area contributed by atoms with E-state index in [2.05, 4.69) is 27.7 Å². The molecule has 0 radical (unpaired) electrons. The lowest BCUT2D eigenvalue weighted by molar-refractivity contribution is -0.120. The molecule has 0 bridgehead atoms. The van der Waals surface area contributed by atoms with Gasteiger partial charge in [-0.2, -0.15) is 0 Å². The van der Waals surface area contributed by atoms with E-state index >= 15 is 0 Å². The van der Waals surface area contributed by atoms with E-state index in [0.29, 0.717) is 22.8 Å². The van der Waals surface area contributed by atoms with E-state index in [0.717, 1.165) is 23.7 Å². The van der Waals surface area contributed by atoms with Crippen molar-refractivity contribution >= 4 is 5.71 Å². The van der Waals surface area contributed by atoms with Crippen LogP contribution in [0.4, 0.5) is 0 Å². The maximum atomic E-state index is 10.4. The summed E-state index contributed by atoms with van der Waals surface area (Å²) in [5.41, 5.74) is 2.22. The lowest BCUT2D eigenvalue weighted by Gasteiger charge is -2.61. The quantitative estimate of drug-likeness (QED) is 0.614. The number of aliphatic imine (C=N–C) groups is 1. The fraction of sp³-hybridized carbons (Fsp3) is 0.958. The molecule has 0 spiro atoms. The zero-order valence-corrected chi connectivity index (χ0v) is 17.8. The molecule has 4 rings (SSSR count). The highest BCUT2D eigenvalue weighted by molar-refractivity contribution is 5.79. The molecule has 4 saturated carbocycles. The van der Waals surface area contributed by atoms with Gasteiger partial charge in [-0.05, 0) is 119 Å². The van der Waals surface area contributed by atoms with Crippen molar-refractivity contribution in [2.75, 3.05) is 0 Å². The number of rotatable bonds is 2. The van der Waals surface area contributed by atoms with Crippen molar-refractivity contribution < 1.29 is 5.11 Å². The van der Waals surface area contributed by atoms with E-state index in [-0.39, 0.29) is 6.10 Å². The van der Waals surface area contributed by atoms with Gasteiger partial charge in [0.25, 0.3) is 0 Å². The Balaban J connectivity index is 1.55. The molecule has 0 aromatic rings. The third-order valence-corrected chi connectivity index (χ3v) is 9.73. The smallest absolute Gasteiger partial charge is 0.0545 e. The summed E-state index contributed by atoms with van der Waals surface area (Å²) in [5.74, 6) is 4.15. The van der Waals surface area contributed by atoms with Crippen molar-refractivity contribution in [3.05, 3.63) is 0 Å². The van der Waals surface area contributed by atoms with Crippen LogP contribution >= 0.6 is 0 Å². The van der Waals surface area contributed by atoms with Crippen LogP contribution in [0.3, 0.4) is 0 Å². The summed E-state index contributed by atoms with van der Waals surface area (Å²) in [4.78, 5) is 4.94. The number of hydrogen-bond acceptors (Lipinski definition) is 2. The third kappa shape index (κ3) is 2.81. The van der Waals surface area contributed by atoms with E-state index in [1.807, 2.05) is 6.92 Å². The first-order valence-corrected chi connectivity index (χ1v) is 11.4. The third-order valence-electron chi connectivity index (χ3n) is 9.73. The van der Waals surface area contributed by atoms with Gasteiger partial charge in [-0.1, -0.05) is 13.8 Å². The van der Waals surface area contributed by atoms with Crippen LogP contribution in [0.15, 0.2) is 4.99 Å². The molecule has 0 aromatic carbocycles. The largest absolute Gasteiger partial charge is 0.393 e. The summed E-state index contributed by atoms with van der Waals surface area (Å²) < 4.78 is 0. The topological polar surface area (TPSA) is 32.6 Å². The van der Waals surface area contributed by atoms with Gasteiger partial charge in [-0.25, -0.2) is 0 Å². The highest BCUT2D eigenvalue weighted by Crippen LogP contribution is 2.67. The minimum Gasteiger partial charge on any atom is -0.393 e. The Bertz CT molecular complexity index is 565. The van der Waals surface area contributed by atoms with Crippen molar-refractivity contribution in [3.8, 4) is 0 Å². The van der Waals surface area contributed by atoms with E-state index in [1.54, 1.807) is 0 Å². The summed E-state index contributed by atoms with van der Waals surface area (Å²) in [6, 6.07) is 0.592. The molecule has 2 heteroatoms. The highest BCUT2D eigenvalue weighted by atomic mass is 16.3. The Labute approximate surface area is 161 Å². The maximum absolute atomic E-state index is 10.4. The minimum atomic E-state index is -0.126. The fourth-order valence-corrected chi connectivity index (χ4v) is 8.55. The van der Waals surface area contributed by atoms with Crippen LogP contribution < -0.4 is 0 Å². The van der Waals surface area contributed by atoms with Gasteiger partial charge in [-0.3, -0.25) is 4.99 Å². The molecule has 26 heavy (non-hydrogen) atoms. The lowest BCUT2D eigenvalue weighted by Crippen LogP contribution is -2.54. The maximum Gasteiger partial charge on any atom is 0.0545 e. The first-order valence-electron chi connectivity index (χ1n) is 11.4. The minimum absolute atomic E-state index is 0.126. The molecule has 2 nitrogen and oxygen atoms in total. The second-order valence-electron chi connectivity index (χ2n) is 11.1. The van der Waals surface area contributed by atoms with Gasteiger partial charge in [0.1, 0.15) is 0 Å². The molecule has 0 heterocycles. The van der Waals surface area contributed by atoms with Crippen LogP contribution in [0.2, 0.25) is 0 Å². The average molecular weight is 360 g/mol. The van der Waals surface area contributed by atoms with Crippen molar-refractivity contribution in [2.24, 2.45) is 45.4 Å². The van der Waals surface area contributed by atoms with Crippen LogP contribution in [0, 0.1) is 40.4 Å². The van der Waals surface area contributed by atoms with Crippen LogP contribution in [0.5, 0.6) is 0 Å². The molecule has 9 atom stereocenters. The van der Waals surface area contributed by atoms with Gasteiger partial charge >= 0.3 is 0 Å². The van der Waals surface area contributed by atoms with Gasteiger partial charge in [0, 0.05) is 5.71 Å². The second kappa shape index (κ2) is 6.61. The number of fused-ring (bicyclic) bond motifs is 5. The zero-order chi connectivity index (χ0) is 18.7. The summed E-state index contributed by atoms with van der Waals surface area (Å²) in [7, 11) is 0. The van der Waals surface area contributed by atoms with Crippen molar-refractivity contribution in [2.45, 2.75) is 105 Å². The standard InChI is InChI=1S/C24H41NO/c1-15(2)25-18-10-12-23(4)17(14-18)6-7-19-21-9-8-20(16(3)26)24(21,5)13-11-22(19)23/h16-22,26H,6-14H2,1-5H3/t16?,17?,18?,19-,20+,21-,22-,23-,24+/m0/s1. The first kappa shape index (κ1) is 19.0. The van der Waals surface area contributed by atoms with Gasteiger partial charge in [-0.15, -0.1) is 0 Å². The molecule has 0 aromatic heterocycles. The van der Waals surface area contributed by atoms with E-state index in [1.165, 1.54) is 63.5 Å². The van der Waals surface area contributed by atoms with E-state index < -0.39 is 0 Å². The Hall–Kier alpha value is -0.370. The molecule has 4 aliphatic rings. The molecule has 148 valence electrons. The second-order valence-corrected chi connectivity index (χ2v) is 11.1. The Morgan fingerprint density at radius 2 is 1.62 bits per heavy atom. The van der Waals surface area contributed by atoms with Gasteiger partial charge in [0.05, 0.1) is 12.1 Å². The number of aliphatic hydroxyl groups is 1. The molecule has 3 unspecified atom stereocenters. The molecule has 1 N–H and O–H groups in total. The van der Waals surface area contributed by atoms with Crippen LogP contribution in [0.1, 0.15) is 92.4 Å². The van der Waals surface area contributed by atoms with Crippen LogP contribution in [-0.4, -0.2) is 23.0 Å². The number of aliphatic hydroxyl groups excluding tert-OH is 1. The predicted molar refractivity (Wildman–Crippen MR) is 109 cm³/mol. The van der Waals surface area contributed by atoms with Crippen LogP contribution in [0.25, 0.3) is 0 Å². The van der Waals surface area contributed by atoms with Crippen molar-refractivity contribution in [1.29, 1.82) is 0 Å². The average Bonchev–Trinajstić information content (AvgIpc) is 2.92. The summed E-state index contributed by atoms with van der Waals surface area (Å²) in [6.07, 6.45) is 12.2. The number of nitrogens with zero attached hydrogens (tertiary/aromatic N) is 1. The molecular formula is C24H41NO. The normalized spacial score (nSPS) is 51.8. The molecule has 0 aliphatic heterocycles. The SMILES string of the molecule is CC(C)=NC1CC[C@@]2(C)C(CC[C@H]3[C@@H]4CC[C@H](C(C)O)[C@@]4(C)CC[C@@H]32)C1. The molecule has 0 amide bonds. The Morgan fingerprint density at radius 1 is 0.923 bits per heavy atom. The van der Waals surface area contributed by atoms with Gasteiger partial charge in [0.2, 0.25) is 0 Å². The summed E-state index contributed by atoms with van der Waals surface area (Å²) in [6.45, 7) is 11.5. The van der Waals surface area contributed by atoms with Crippen molar-refractivity contribution in [3.63, 3.8) is 0 Å². The lowest BCUT2D eigenvalue weighted by atomic mass is 9.44. The summed E-state index contributed by atoms with van der Waals surface area (Å²) >= 11 is 0. The zero-order valence-electron chi connectivity index (χ0n) is 17.8. The molecule has 4 fully saturated rings. The Morgan fingerprint density at radius 3 is 2.31 bits per heavy atom. The van der Waals surface area contributed by atoms with Gasteiger partial charge < -0.3 is 5.11 Å². The molecular weight excluding hydrogens is 318 g/mol. The van der Waals surface area contributed by atoms with Gasteiger partial charge in [0.15, 0.2) is 0 Å². The van der Waals surface area contributed by atoms with E-state index in [4.69, 9.17) is 4.99 Å².